The molecule has 0 saturated carbocycles. The Morgan fingerprint density at radius 3 is 2.39 bits per heavy atom. The van der Waals surface area contributed by atoms with Gasteiger partial charge in [-0.25, -0.2) is 0 Å². The van der Waals surface area contributed by atoms with Crippen LogP contribution in [0.5, 0.6) is 0 Å². The van der Waals surface area contributed by atoms with E-state index >= 15 is 0 Å². The topological polar surface area (TPSA) is 55.7 Å². The van der Waals surface area contributed by atoms with E-state index in [0.29, 0.717) is 18.2 Å². The van der Waals surface area contributed by atoms with Crippen LogP contribution in [0.25, 0.3) is 0 Å². The minimum atomic E-state index is 0.00855. The summed E-state index contributed by atoms with van der Waals surface area (Å²) in [6.45, 7) is 4.87. The number of aryl methyl sites for hydroxylation is 2. The summed E-state index contributed by atoms with van der Waals surface area (Å²) >= 11 is 5.28. The number of aliphatic hydroxyl groups is 2. The third-order valence-electron chi connectivity index (χ3n) is 2.66. The van der Waals surface area contributed by atoms with E-state index in [9.17, 15) is 0 Å². The van der Waals surface area contributed by atoms with E-state index in [0.717, 1.165) is 16.8 Å². The van der Waals surface area contributed by atoms with Gasteiger partial charge in [-0.15, -0.1) is 0 Å². The molecule has 0 saturated heterocycles. The zero-order chi connectivity index (χ0) is 13.5. The molecule has 1 aromatic rings. The van der Waals surface area contributed by atoms with E-state index in [1.165, 1.54) is 0 Å². The smallest absolute Gasteiger partial charge is 0.173 e. The van der Waals surface area contributed by atoms with Crippen LogP contribution in [-0.2, 0) is 0 Å². The summed E-state index contributed by atoms with van der Waals surface area (Å²) in [6.07, 6.45) is 0. The molecule has 0 atom stereocenters. The number of aliphatic hydroxyl groups excluding tert-OH is 2. The lowest BCUT2D eigenvalue weighted by Crippen LogP contribution is -2.38. The number of nitrogens with one attached hydrogen (secondary N) is 1. The van der Waals surface area contributed by atoms with Crippen LogP contribution in [0.1, 0.15) is 11.1 Å². The Bertz CT molecular complexity index is 404. The lowest BCUT2D eigenvalue weighted by Gasteiger charge is -2.24. The molecule has 1 aromatic carbocycles. The minimum absolute atomic E-state index is 0.00855. The quantitative estimate of drug-likeness (QED) is 0.703. The molecule has 3 N–H and O–H groups in total. The van der Waals surface area contributed by atoms with Crippen molar-refractivity contribution in [3.05, 3.63) is 29.3 Å². The Balaban J connectivity index is 2.75. The normalized spacial score (nSPS) is 10.2. The third kappa shape index (κ3) is 4.25. The molecule has 0 radical (unpaired) electrons. The van der Waals surface area contributed by atoms with Crippen LogP contribution in [0, 0.1) is 13.8 Å². The van der Waals surface area contributed by atoms with Crippen LogP contribution in [0.3, 0.4) is 0 Å². The van der Waals surface area contributed by atoms with Crippen molar-refractivity contribution in [2.75, 3.05) is 31.6 Å². The van der Waals surface area contributed by atoms with Gasteiger partial charge in [0.05, 0.1) is 13.2 Å². The molecule has 100 valence electrons. The molecule has 0 unspecified atom stereocenters. The lowest BCUT2D eigenvalue weighted by molar-refractivity contribution is 0.214. The fourth-order valence-corrected chi connectivity index (χ4v) is 1.91. The first-order valence-electron chi connectivity index (χ1n) is 5.93. The summed E-state index contributed by atoms with van der Waals surface area (Å²) in [5, 5.41) is 21.6. The Morgan fingerprint density at radius 1 is 1.22 bits per heavy atom. The molecule has 0 aliphatic rings. The maximum atomic E-state index is 8.97. The first-order chi connectivity index (χ1) is 8.58. The second kappa shape index (κ2) is 7.31. The van der Waals surface area contributed by atoms with Crippen molar-refractivity contribution in [3.63, 3.8) is 0 Å². The maximum absolute atomic E-state index is 8.97. The van der Waals surface area contributed by atoms with Gasteiger partial charge in [0.1, 0.15) is 0 Å². The SMILES string of the molecule is Cc1ccc(C)c(NC(=S)N(CCO)CCO)c1. The largest absolute Gasteiger partial charge is 0.395 e. The van der Waals surface area contributed by atoms with Gasteiger partial charge in [0.15, 0.2) is 5.11 Å². The lowest BCUT2D eigenvalue weighted by atomic mass is 10.1. The van der Waals surface area contributed by atoms with Crippen molar-refractivity contribution < 1.29 is 10.2 Å². The van der Waals surface area contributed by atoms with Gasteiger partial charge in [-0.2, -0.15) is 0 Å². The third-order valence-corrected chi connectivity index (χ3v) is 3.02. The minimum Gasteiger partial charge on any atom is -0.395 e. The molecule has 0 aliphatic heterocycles. The van der Waals surface area contributed by atoms with Gasteiger partial charge in [0.2, 0.25) is 0 Å². The van der Waals surface area contributed by atoms with E-state index in [2.05, 4.69) is 5.32 Å². The molecule has 18 heavy (non-hydrogen) atoms. The molecule has 0 spiro atoms. The standard InChI is InChI=1S/C13H20N2O2S/c1-10-3-4-11(2)12(9-10)14-13(18)15(5-7-16)6-8-17/h3-4,9,16-17H,5-8H2,1-2H3,(H,14,18). The summed E-state index contributed by atoms with van der Waals surface area (Å²) in [5.41, 5.74) is 3.22. The van der Waals surface area contributed by atoms with E-state index < -0.39 is 0 Å². The molecule has 5 heteroatoms. The average molecular weight is 268 g/mol. The first kappa shape index (κ1) is 14.9. The Labute approximate surface area is 113 Å². The van der Waals surface area contributed by atoms with Crippen LogP contribution in [0.4, 0.5) is 5.69 Å². The number of hydrogen-bond acceptors (Lipinski definition) is 3. The average Bonchev–Trinajstić information content (AvgIpc) is 2.33. The molecule has 0 bridgehead atoms. The summed E-state index contributed by atoms with van der Waals surface area (Å²) in [5.74, 6) is 0. The van der Waals surface area contributed by atoms with E-state index in [1.807, 2.05) is 32.0 Å². The molecule has 0 amide bonds. The van der Waals surface area contributed by atoms with E-state index in [1.54, 1.807) is 4.90 Å². The Morgan fingerprint density at radius 2 is 1.83 bits per heavy atom. The van der Waals surface area contributed by atoms with Crippen molar-refractivity contribution in [2.45, 2.75) is 13.8 Å². The van der Waals surface area contributed by atoms with E-state index in [4.69, 9.17) is 22.4 Å². The highest BCUT2D eigenvalue weighted by Gasteiger charge is 2.09. The molecule has 0 aliphatic carbocycles. The van der Waals surface area contributed by atoms with Gasteiger partial charge >= 0.3 is 0 Å². The van der Waals surface area contributed by atoms with Gasteiger partial charge in [0.25, 0.3) is 0 Å². The number of benzene rings is 1. The molecule has 0 fully saturated rings. The molecule has 0 heterocycles. The molecular formula is C13H20N2O2S. The van der Waals surface area contributed by atoms with Gasteiger partial charge in [-0.3, -0.25) is 0 Å². The number of hydrogen-bond donors (Lipinski definition) is 3. The molecule has 4 nitrogen and oxygen atoms in total. The summed E-state index contributed by atoms with van der Waals surface area (Å²) < 4.78 is 0. The fraction of sp³-hybridized carbons (Fsp3) is 0.462. The monoisotopic (exact) mass is 268 g/mol. The van der Waals surface area contributed by atoms with Gasteiger partial charge in [0, 0.05) is 18.8 Å². The summed E-state index contributed by atoms with van der Waals surface area (Å²) in [7, 11) is 0. The number of rotatable bonds is 5. The van der Waals surface area contributed by atoms with Crippen molar-refractivity contribution >= 4 is 23.0 Å². The maximum Gasteiger partial charge on any atom is 0.173 e. The zero-order valence-corrected chi connectivity index (χ0v) is 11.6. The van der Waals surface area contributed by atoms with Crippen LogP contribution in [0.2, 0.25) is 0 Å². The molecule has 1 rings (SSSR count). The van der Waals surface area contributed by atoms with Crippen LogP contribution >= 0.6 is 12.2 Å². The van der Waals surface area contributed by atoms with E-state index in [-0.39, 0.29) is 13.2 Å². The van der Waals surface area contributed by atoms with Gasteiger partial charge in [-0.05, 0) is 43.3 Å². The summed E-state index contributed by atoms with van der Waals surface area (Å²) in [4.78, 5) is 1.75. The Hall–Kier alpha value is -1.17. The van der Waals surface area contributed by atoms with Crippen molar-refractivity contribution in [2.24, 2.45) is 0 Å². The fourth-order valence-electron chi connectivity index (χ4n) is 1.62. The number of anilines is 1. The first-order valence-corrected chi connectivity index (χ1v) is 6.34. The Kier molecular flexibility index (Phi) is 6.04. The van der Waals surface area contributed by atoms with Crippen LogP contribution in [0.15, 0.2) is 18.2 Å². The summed E-state index contributed by atoms with van der Waals surface area (Å²) in [6, 6.07) is 6.10. The predicted molar refractivity (Wildman–Crippen MR) is 77.9 cm³/mol. The van der Waals surface area contributed by atoms with Crippen molar-refractivity contribution in [3.8, 4) is 0 Å². The van der Waals surface area contributed by atoms with Crippen molar-refractivity contribution in [1.29, 1.82) is 0 Å². The number of thiocarbonyl (C=S) groups is 1. The van der Waals surface area contributed by atoms with Gasteiger partial charge in [-0.1, -0.05) is 12.1 Å². The van der Waals surface area contributed by atoms with Crippen LogP contribution < -0.4 is 5.32 Å². The highest BCUT2D eigenvalue weighted by molar-refractivity contribution is 7.80. The second-order valence-electron chi connectivity index (χ2n) is 4.18. The molecular weight excluding hydrogens is 248 g/mol. The molecule has 0 aromatic heterocycles. The highest BCUT2D eigenvalue weighted by atomic mass is 32.1. The predicted octanol–water partition coefficient (Wildman–Crippen LogP) is 1.29. The van der Waals surface area contributed by atoms with Gasteiger partial charge < -0.3 is 20.4 Å². The van der Waals surface area contributed by atoms with Crippen LogP contribution in [-0.4, -0.2) is 46.5 Å². The van der Waals surface area contributed by atoms with Crippen molar-refractivity contribution in [1.82, 2.24) is 4.90 Å². The second-order valence-corrected chi connectivity index (χ2v) is 4.57. The number of nitrogens with zero attached hydrogens (tertiary/aromatic N) is 1. The highest BCUT2D eigenvalue weighted by Crippen LogP contribution is 2.16. The zero-order valence-electron chi connectivity index (χ0n) is 10.8.